The number of hydrogen-bond donors (Lipinski definition) is 1. The Morgan fingerprint density at radius 1 is 1.15 bits per heavy atom. The highest BCUT2D eigenvalue weighted by Crippen LogP contribution is 2.31. The molecule has 27 heavy (non-hydrogen) atoms. The fourth-order valence-electron chi connectivity index (χ4n) is 2.77. The topological polar surface area (TPSA) is 51.2 Å². The molecule has 140 valence electrons. The Balaban J connectivity index is 1.67. The molecule has 2 aromatic carbocycles. The number of amides is 1. The number of carbonyl (C=O) groups is 1. The number of hydrogen-bond acceptors (Lipinski definition) is 4. The molecule has 0 spiro atoms. The number of aryl methyl sites for hydroxylation is 3. The SMILES string of the molecule is Cc1cc(C)c(C)c(OCC(=O)Nc2nc(-c3ccc(Br)cc3)c(C)s2)c1. The Morgan fingerprint density at radius 2 is 1.85 bits per heavy atom. The number of carbonyl (C=O) groups excluding carboxylic acids is 1. The quantitative estimate of drug-likeness (QED) is 0.538. The number of rotatable bonds is 5. The van der Waals surface area contributed by atoms with Crippen LogP contribution in [0.25, 0.3) is 11.3 Å². The summed E-state index contributed by atoms with van der Waals surface area (Å²) in [5.74, 6) is 0.526. The van der Waals surface area contributed by atoms with E-state index in [9.17, 15) is 4.79 Å². The van der Waals surface area contributed by atoms with Gasteiger partial charge < -0.3 is 4.74 Å². The van der Waals surface area contributed by atoms with Crippen molar-refractivity contribution < 1.29 is 9.53 Å². The summed E-state index contributed by atoms with van der Waals surface area (Å²) in [5.41, 5.74) is 5.22. The first-order valence-electron chi connectivity index (χ1n) is 8.57. The van der Waals surface area contributed by atoms with E-state index in [1.165, 1.54) is 11.3 Å². The molecular formula is C21H21BrN2O2S. The van der Waals surface area contributed by atoms with Crippen molar-refractivity contribution in [3.8, 4) is 17.0 Å². The van der Waals surface area contributed by atoms with Crippen LogP contribution in [0, 0.1) is 27.7 Å². The molecule has 0 aliphatic rings. The molecule has 0 unspecified atom stereocenters. The zero-order chi connectivity index (χ0) is 19.6. The first-order valence-corrected chi connectivity index (χ1v) is 10.2. The standard InChI is InChI=1S/C21H21BrN2O2S/c1-12-9-13(2)14(3)18(10-12)26-11-19(25)23-21-24-20(15(4)27-21)16-5-7-17(22)8-6-16/h5-10H,11H2,1-4H3,(H,23,24,25). The molecule has 0 fully saturated rings. The van der Waals surface area contributed by atoms with Gasteiger partial charge in [0.15, 0.2) is 11.7 Å². The largest absolute Gasteiger partial charge is 0.483 e. The monoisotopic (exact) mass is 444 g/mol. The highest BCUT2D eigenvalue weighted by Gasteiger charge is 2.13. The van der Waals surface area contributed by atoms with Gasteiger partial charge in [0.2, 0.25) is 0 Å². The third kappa shape index (κ3) is 4.76. The van der Waals surface area contributed by atoms with Crippen LogP contribution in [0.1, 0.15) is 21.6 Å². The number of nitrogens with zero attached hydrogens (tertiary/aromatic N) is 1. The number of halogens is 1. The van der Waals surface area contributed by atoms with E-state index in [0.29, 0.717) is 5.13 Å². The Labute approximate surface area is 171 Å². The van der Waals surface area contributed by atoms with Gasteiger partial charge in [0.05, 0.1) is 5.69 Å². The minimum Gasteiger partial charge on any atom is -0.483 e. The lowest BCUT2D eigenvalue weighted by Gasteiger charge is -2.11. The van der Waals surface area contributed by atoms with Gasteiger partial charge in [0.25, 0.3) is 5.91 Å². The molecule has 3 aromatic rings. The predicted molar refractivity (Wildman–Crippen MR) is 115 cm³/mol. The molecule has 0 radical (unpaired) electrons. The highest BCUT2D eigenvalue weighted by molar-refractivity contribution is 9.10. The number of thiazole rings is 1. The molecule has 0 saturated heterocycles. The number of ether oxygens (including phenoxy) is 1. The Morgan fingerprint density at radius 3 is 2.56 bits per heavy atom. The van der Waals surface area contributed by atoms with Crippen molar-refractivity contribution in [1.29, 1.82) is 0 Å². The van der Waals surface area contributed by atoms with Gasteiger partial charge >= 0.3 is 0 Å². The summed E-state index contributed by atoms with van der Waals surface area (Å²) in [6.45, 7) is 8.01. The Hall–Kier alpha value is -2.18. The number of anilines is 1. The van der Waals surface area contributed by atoms with Crippen molar-refractivity contribution in [3.05, 3.63) is 62.4 Å². The van der Waals surface area contributed by atoms with Gasteiger partial charge in [0.1, 0.15) is 5.75 Å². The molecule has 1 N–H and O–H groups in total. The van der Waals surface area contributed by atoms with Crippen LogP contribution >= 0.6 is 27.3 Å². The van der Waals surface area contributed by atoms with E-state index in [0.717, 1.165) is 43.0 Å². The lowest BCUT2D eigenvalue weighted by atomic mass is 10.1. The fraction of sp³-hybridized carbons (Fsp3) is 0.238. The molecule has 0 atom stereocenters. The summed E-state index contributed by atoms with van der Waals surface area (Å²) >= 11 is 4.90. The summed E-state index contributed by atoms with van der Waals surface area (Å²) in [4.78, 5) is 17.9. The van der Waals surface area contributed by atoms with E-state index in [-0.39, 0.29) is 12.5 Å². The fourth-order valence-corrected chi connectivity index (χ4v) is 3.89. The second-order valence-corrected chi connectivity index (χ2v) is 8.59. The van der Waals surface area contributed by atoms with Gasteiger partial charge in [-0.2, -0.15) is 0 Å². The van der Waals surface area contributed by atoms with Crippen molar-refractivity contribution in [3.63, 3.8) is 0 Å². The molecule has 0 bridgehead atoms. The van der Waals surface area contributed by atoms with E-state index in [1.807, 2.05) is 58.0 Å². The van der Waals surface area contributed by atoms with Crippen molar-refractivity contribution >= 4 is 38.3 Å². The van der Waals surface area contributed by atoms with Crippen LogP contribution in [0.4, 0.5) is 5.13 Å². The summed E-state index contributed by atoms with van der Waals surface area (Å²) in [6.07, 6.45) is 0. The highest BCUT2D eigenvalue weighted by atomic mass is 79.9. The second kappa shape index (κ2) is 8.23. The lowest BCUT2D eigenvalue weighted by Crippen LogP contribution is -2.20. The third-order valence-corrected chi connectivity index (χ3v) is 5.70. The van der Waals surface area contributed by atoms with Gasteiger partial charge in [-0.3, -0.25) is 10.1 Å². The first-order chi connectivity index (χ1) is 12.8. The smallest absolute Gasteiger partial charge is 0.264 e. The molecule has 1 amide bonds. The van der Waals surface area contributed by atoms with Crippen molar-refractivity contribution in [1.82, 2.24) is 4.98 Å². The molecule has 6 heteroatoms. The summed E-state index contributed by atoms with van der Waals surface area (Å²) < 4.78 is 6.75. The van der Waals surface area contributed by atoms with E-state index >= 15 is 0 Å². The zero-order valence-electron chi connectivity index (χ0n) is 15.7. The van der Waals surface area contributed by atoms with E-state index in [2.05, 4.69) is 32.3 Å². The van der Waals surface area contributed by atoms with Gasteiger partial charge in [-0.15, -0.1) is 11.3 Å². The Bertz CT molecular complexity index is 981. The summed E-state index contributed by atoms with van der Waals surface area (Å²) in [5, 5.41) is 3.42. The first kappa shape index (κ1) is 19.6. The van der Waals surface area contributed by atoms with E-state index < -0.39 is 0 Å². The van der Waals surface area contributed by atoms with Gasteiger partial charge in [-0.05, 0) is 62.6 Å². The van der Waals surface area contributed by atoms with Crippen molar-refractivity contribution in [2.75, 3.05) is 11.9 Å². The lowest BCUT2D eigenvalue weighted by molar-refractivity contribution is -0.118. The van der Waals surface area contributed by atoms with Gasteiger partial charge in [-0.25, -0.2) is 4.98 Å². The number of aromatic nitrogens is 1. The minimum atomic E-state index is -0.218. The predicted octanol–water partition coefficient (Wildman–Crippen LogP) is 5.82. The molecule has 0 saturated carbocycles. The van der Waals surface area contributed by atoms with Crippen LogP contribution in [0.5, 0.6) is 5.75 Å². The maximum absolute atomic E-state index is 12.3. The molecule has 0 aliphatic carbocycles. The van der Waals surface area contributed by atoms with Gasteiger partial charge in [0, 0.05) is 14.9 Å². The van der Waals surface area contributed by atoms with Crippen LogP contribution in [0.15, 0.2) is 40.9 Å². The molecule has 1 aromatic heterocycles. The van der Waals surface area contributed by atoms with Crippen LogP contribution in [0.2, 0.25) is 0 Å². The molecule has 1 heterocycles. The van der Waals surface area contributed by atoms with Crippen LogP contribution in [-0.2, 0) is 4.79 Å². The van der Waals surface area contributed by atoms with Crippen LogP contribution in [-0.4, -0.2) is 17.5 Å². The number of benzene rings is 2. The van der Waals surface area contributed by atoms with Crippen molar-refractivity contribution in [2.45, 2.75) is 27.7 Å². The molecular weight excluding hydrogens is 424 g/mol. The number of nitrogens with one attached hydrogen (secondary N) is 1. The van der Waals surface area contributed by atoms with Crippen molar-refractivity contribution in [2.24, 2.45) is 0 Å². The van der Waals surface area contributed by atoms with Gasteiger partial charge in [-0.1, -0.05) is 34.1 Å². The summed E-state index contributed by atoms with van der Waals surface area (Å²) in [6, 6.07) is 12.0. The average Bonchev–Trinajstić information content (AvgIpc) is 2.97. The molecule has 3 rings (SSSR count). The van der Waals surface area contributed by atoms with E-state index in [4.69, 9.17) is 4.74 Å². The summed E-state index contributed by atoms with van der Waals surface area (Å²) in [7, 11) is 0. The van der Waals surface area contributed by atoms with Crippen LogP contribution < -0.4 is 10.1 Å². The van der Waals surface area contributed by atoms with Crippen LogP contribution in [0.3, 0.4) is 0 Å². The maximum Gasteiger partial charge on any atom is 0.264 e. The molecule has 4 nitrogen and oxygen atoms in total. The Kier molecular flexibility index (Phi) is 5.97. The second-order valence-electron chi connectivity index (χ2n) is 6.47. The zero-order valence-corrected chi connectivity index (χ0v) is 18.1. The average molecular weight is 445 g/mol. The van der Waals surface area contributed by atoms with E-state index in [1.54, 1.807) is 0 Å². The maximum atomic E-state index is 12.3. The third-order valence-electron chi connectivity index (χ3n) is 4.28. The minimum absolute atomic E-state index is 0.0457. The molecule has 0 aliphatic heterocycles. The normalized spacial score (nSPS) is 10.7.